The van der Waals surface area contributed by atoms with Gasteiger partial charge in [0.05, 0.1) is 12.0 Å². The predicted molar refractivity (Wildman–Crippen MR) is 82.4 cm³/mol. The maximum atomic E-state index is 12.5. The van der Waals surface area contributed by atoms with Gasteiger partial charge in [0.1, 0.15) is 0 Å². The Morgan fingerprint density at radius 2 is 2.05 bits per heavy atom. The third-order valence-electron chi connectivity index (χ3n) is 5.27. The molecule has 1 saturated heterocycles. The minimum atomic E-state index is -0.396. The summed E-state index contributed by atoms with van der Waals surface area (Å²) in [5.74, 6) is -0.00135. The number of ether oxygens (including phenoxy) is 1. The first kappa shape index (κ1) is 15.3. The van der Waals surface area contributed by atoms with E-state index in [1.54, 1.807) is 0 Å². The summed E-state index contributed by atoms with van der Waals surface area (Å²) in [6.45, 7) is 7.13. The van der Waals surface area contributed by atoms with Crippen LogP contribution in [0.3, 0.4) is 0 Å². The Balaban J connectivity index is 2.22. The lowest BCUT2D eigenvalue weighted by molar-refractivity contribution is -0.144. The van der Waals surface area contributed by atoms with Crippen molar-refractivity contribution in [1.82, 2.24) is 0 Å². The second-order valence-electron chi connectivity index (χ2n) is 6.49. The van der Waals surface area contributed by atoms with E-state index in [1.807, 2.05) is 0 Å². The van der Waals surface area contributed by atoms with Gasteiger partial charge in [0, 0.05) is 5.41 Å². The fraction of sp³-hybridized carbons (Fsp3) is 0.722. The van der Waals surface area contributed by atoms with Crippen LogP contribution in [0, 0.1) is 10.8 Å². The Morgan fingerprint density at radius 1 is 1.25 bits per heavy atom. The van der Waals surface area contributed by atoms with Gasteiger partial charge < -0.3 is 4.74 Å². The van der Waals surface area contributed by atoms with Crippen LogP contribution in [0.25, 0.3) is 0 Å². The summed E-state index contributed by atoms with van der Waals surface area (Å²) >= 11 is 0. The molecule has 2 unspecified atom stereocenters. The van der Waals surface area contributed by atoms with Crippen molar-refractivity contribution >= 4 is 5.97 Å². The summed E-state index contributed by atoms with van der Waals surface area (Å²) in [5.41, 5.74) is 0.804. The molecule has 1 spiro atoms. The van der Waals surface area contributed by atoms with E-state index in [0.29, 0.717) is 6.61 Å². The Kier molecular flexibility index (Phi) is 4.72. The Morgan fingerprint density at radius 3 is 2.70 bits per heavy atom. The van der Waals surface area contributed by atoms with Gasteiger partial charge >= 0.3 is 5.97 Å². The molecule has 1 aliphatic carbocycles. The molecule has 1 fully saturated rings. The molecule has 0 saturated carbocycles. The molecule has 0 aromatic rings. The van der Waals surface area contributed by atoms with E-state index in [-0.39, 0.29) is 11.4 Å². The van der Waals surface area contributed by atoms with E-state index >= 15 is 0 Å². The predicted octanol–water partition coefficient (Wildman–Crippen LogP) is 4.80. The maximum absolute atomic E-state index is 12.5. The average molecular weight is 276 g/mol. The largest absolute Gasteiger partial charge is 0.464 e. The summed E-state index contributed by atoms with van der Waals surface area (Å²) in [5, 5.41) is 0. The van der Waals surface area contributed by atoms with Crippen LogP contribution in [-0.4, -0.2) is 12.6 Å². The molecule has 112 valence electrons. The molecule has 20 heavy (non-hydrogen) atoms. The van der Waals surface area contributed by atoms with E-state index < -0.39 is 5.41 Å². The van der Waals surface area contributed by atoms with Crippen LogP contribution in [-0.2, 0) is 9.53 Å². The quantitative estimate of drug-likeness (QED) is 0.514. The number of allylic oxidation sites excluding steroid dienone is 3. The Labute approximate surface area is 123 Å². The van der Waals surface area contributed by atoms with Crippen LogP contribution < -0.4 is 0 Å². The molecule has 2 aliphatic rings. The summed E-state index contributed by atoms with van der Waals surface area (Å²) in [4.78, 5) is 12.5. The van der Waals surface area contributed by atoms with Gasteiger partial charge in [0.15, 0.2) is 0 Å². The number of rotatable bonds is 6. The van der Waals surface area contributed by atoms with Crippen molar-refractivity contribution < 1.29 is 9.53 Å². The minimum Gasteiger partial charge on any atom is -0.464 e. The molecular formula is C18H28O2. The fourth-order valence-electron chi connectivity index (χ4n) is 3.90. The number of hydrogen-bond acceptors (Lipinski definition) is 2. The monoisotopic (exact) mass is 276 g/mol. The van der Waals surface area contributed by atoms with Gasteiger partial charge in [-0.25, -0.2) is 0 Å². The Bertz CT molecular complexity index is 421. The van der Waals surface area contributed by atoms with Crippen molar-refractivity contribution in [2.75, 3.05) is 6.61 Å². The number of carbonyl (C=O) groups excluding carboxylic acids is 1. The molecule has 0 aromatic heterocycles. The van der Waals surface area contributed by atoms with Crippen LogP contribution in [0.2, 0.25) is 0 Å². The molecule has 1 aliphatic heterocycles. The molecule has 2 rings (SSSR count). The highest BCUT2D eigenvalue weighted by Gasteiger charge is 2.59. The van der Waals surface area contributed by atoms with Crippen LogP contribution in [0.4, 0.5) is 0 Å². The van der Waals surface area contributed by atoms with Crippen LogP contribution in [0.5, 0.6) is 0 Å². The molecule has 0 N–H and O–H groups in total. The second kappa shape index (κ2) is 6.15. The average Bonchev–Trinajstić information content (AvgIpc) is 2.70. The highest BCUT2D eigenvalue weighted by atomic mass is 16.5. The lowest BCUT2D eigenvalue weighted by atomic mass is 9.58. The molecule has 1 heterocycles. The van der Waals surface area contributed by atoms with E-state index in [1.165, 1.54) is 31.3 Å². The molecule has 0 aromatic carbocycles. The second-order valence-corrected chi connectivity index (χ2v) is 6.49. The number of unbranched alkanes of at least 4 members (excludes halogenated alkanes) is 3. The van der Waals surface area contributed by atoms with E-state index in [0.717, 1.165) is 19.3 Å². The lowest BCUT2D eigenvalue weighted by Crippen LogP contribution is -2.42. The smallest absolute Gasteiger partial charge is 0.317 e. The number of esters is 1. The van der Waals surface area contributed by atoms with Gasteiger partial charge in [0.25, 0.3) is 0 Å². The van der Waals surface area contributed by atoms with Gasteiger partial charge in [-0.2, -0.15) is 0 Å². The van der Waals surface area contributed by atoms with Crippen molar-refractivity contribution in [3.8, 4) is 0 Å². The van der Waals surface area contributed by atoms with Gasteiger partial charge in [0.2, 0.25) is 0 Å². The van der Waals surface area contributed by atoms with Crippen molar-refractivity contribution in [3.05, 3.63) is 23.8 Å². The molecular weight excluding hydrogens is 248 g/mol. The summed E-state index contributed by atoms with van der Waals surface area (Å²) < 4.78 is 5.54. The third kappa shape index (κ3) is 2.45. The third-order valence-corrected chi connectivity index (χ3v) is 5.27. The normalized spacial score (nSPS) is 32.5. The molecule has 2 nitrogen and oxygen atoms in total. The van der Waals surface area contributed by atoms with Gasteiger partial charge in [-0.15, -0.1) is 0 Å². The first-order valence-electron chi connectivity index (χ1n) is 8.13. The zero-order valence-electron chi connectivity index (χ0n) is 13.2. The fourth-order valence-corrected chi connectivity index (χ4v) is 3.90. The summed E-state index contributed by atoms with van der Waals surface area (Å²) in [6, 6.07) is 0. The summed E-state index contributed by atoms with van der Waals surface area (Å²) in [6.07, 6.45) is 14.4. The zero-order chi connectivity index (χ0) is 14.6. The van der Waals surface area contributed by atoms with Crippen LogP contribution in [0.1, 0.15) is 65.7 Å². The van der Waals surface area contributed by atoms with E-state index in [4.69, 9.17) is 4.74 Å². The van der Waals surface area contributed by atoms with Crippen LogP contribution >= 0.6 is 0 Å². The molecule has 2 atom stereocenters. The maximum Gasteiger partial charge on any atom is 0.317 e. The van der Waals surface area contributed by atoms with E-state index in [2.05, 4.69) is 39.0 Å². The van der Waals surface area contributed by atoms with Crippen molar-refractivity contribution in [1.29, 1.82) is 0 Å². The summed E-state index contributed by atoms with van der Waals surface area (Å²) in [7, 11) is 0. The lowest BCUT2D eigenvalue weighted by Gasteiger charge is -2.40. The topological polar surface area (TPSA) is 26.3 Å². The molecule has 0 bridgehead atoms. The Hall–Kier alpha value is -1.05. The van der Waals surface area contributed by atoms with E-state index in [9.17, 15) is 4.79 Å². The van der Waals surface area contributed by atoms with Crippen molar-refractivity contribution in [2.45, 2.75) is 65.7 Å². The molecule has 2 heteroatoms. The number of carbonyl (C=O) groups is 1. The van der Waals surface area contributed by atoms with Gasteiger partial charge in [-0.3, -0.25) is 4.79 Å². The van der Waals surface area contributed by atoms with Crippen LogP contribution in [0.15, 0.2) is 23.8 Å². The van der Waals surface area contributed by atoms with Crippen molar-refractivity contribution in [2.24, 2.45) is 10.8 Å². The first-order valence-corrected chi connectivity index (χ1v) is 8.13. The molecule has 0 amide bonds. The molecule has 0 radical (unpaired) electrons. The standard InChI is InChI=1S/C18H28O2/c1-4-6-7-8-11-17(5-2)14-20-16(19)18(17)12-9-10-15(3)13-18/h9-10,13H,4-8,11-12,14H2,1-3H3. The van der Waals surface area contributed by atoms with Crippen molar-refractivity contribution in [3.63, 3.8) is 0 Å². The first-order chi connectivity index (χ1) is 9.60. The minimum absolute atomic E-state index is 0.00135. The van der Waals surface area contributed by atoms with Gasteiger partial charge in [-0.05, 0) is 26.2 Å². The highest BCUT2D eigenvalue weighted by Crippen LogP contribution is 2.56. The van der Waals surface area contributed by atoms with Gasteiger partial charge in [-0.1, -0.05) is 63.3 Å². The number of cyclic esters (lactones) is 1. The SMILES string of the molecule is CCCCCCC1(CC)COC(=O)C12C=C(C)C=CC2. The number of hydrogen-bond donors (Lipinski definition) is 0. The zero-order valence-corrected chi connectivity index (χ0v) is 13.2. The highest BCUT2D eigenvalue weighted by molar-refractivity contribution is 5.83.